The molecule has 142 valence electrons. The van der Waals surface area contributed by atoms with E-state index in [2.05, 4.69) is 14.8 Å². The normalized spacial score (nSPS) is 12.2. The van der Waals surface area contributed by atoms with Crippen molar-refractivity contribution in [3.63, 3.8) is 0 Å². The average Bonchev–Trinajstić information content (AvgIpc) is 2.61. The quantitative estimate of drug-likeness (QED) is 0.450. The first kappa shape index (κ1) is 21.3. The number of ether oxygens (including phenoxy) is 2. The van der Waals surface area contributed by atoms with Crippen LogP contribution in [-0.2, 0) is 23.9 Å². The van der Waals surface area contributed by atoms with Gasteiger partial charge in [-0.05, 0) is 0 Å². The molecule has 7 nitrogen and oxygen atoms in total. The first-order valence-corrected chi connectivity index (χ1v) is 8.16. The van der Waals surface area contributed by atoms with Gasteiger partial charge < -0.3 is 14.8 Å². The molecule has 0 aliphatic carbocycles. The summed E-state index contributed by atoms with van der Waals surface area (Å²) in [5.74, 6) is -3.92. The lowest BCUT2D eigenvalue weighted by atomic mass is 9.90. The van der Waals surface area contributed by atoms with Crippen LogP contribution in [0.4, 0.5) is 0 Å². The second kappa shape index (κ2) is 9.12. The number of methoxy groups -OCH3 is 2. The molecule has 1 N–H and O–H groups in total. The Bertz CT molecular complexity index is 646. The fourth-order valence-electron chi connectivity index (χ4n) is 2.26. The number of carbonyl (C=O) groups is 4. The molecule has 0 saturated carbocycles. The van der Waals surface area contributed by atoms with Gasteiger partial charge in [0.2, 0.25) is 5.91 Å². The predicted octanol–water partition coefficient (Wildman–Crippen LogP) is 1.75. The van der Waals surface area contributed by atoms with Crippen molar-refractivity contribution in [1.82, 2.24) is 5.32 Å². The molecular weight excluding hydrogens is 338 g/mol. The van der Waals surface area contributed by atoms with Crippen LogP contribution in [0.2, 0.25) is 0 Å². The van der Waals surface area contributed by atoms with Gasteiger partial charge in [0.05, 0.1) is 20.3 Å². The summed E-state index contributed by atoms with van der Waals surface area (Å²) >= 11 is 0. The number of benzene rings is 1. The molecule has 0 bridgehead atoms. The zero-order chi connectivity index (χ0) is 19.9. The molecule has 7 heteroatoms. The van der Waals surface area contributed by atoms with Gasteiger partial charge in [-0.15, -0.1) is 0 Å². The van der Waals surface area contributed by atoms with E-state index >= 15 is 0 Å². The largest absolute Gasteiger partial charge is 0.468 e. The van der Waals surface area contributed by atoms with Gasteiger partial charge in [0.1, 0.15) is 0 Å². The number of amides is 1. The highest BCUT2D eigenvalue weighted by atomic mass is 16.5. The van der Waals surface area contributed by atoms with Crippen LogP contribution in [0.25, 0.3) is 0 Å². The van der Waals surface area contributed by atoms with Crippen molar-refractivity contribution < 1.29 is 28.7 Å². The molecule has 1 rings (SSSR count). The summed E-state index contributed by atoms with van der Waals surface area (Å²) in [5.41, 5.74) is -0.360. The SMILES string of the molecule is COC(=O)C(C(=O)OC)[C@@H](CC(=O)c1ccccc1)NC(=O)C(C)(C)C. The van der Waals surface area contributed by atoms with E-state index in [1.165, 1.54) is 0 Å². The Kier molecular flexibility index (Phi) is 7.49. The first-order chi connectivity index (χ1) is 12.1. The van der Waals surface area contributed by atoms with Crippen molar-refractivity contribution in [2.45, 2.75) is 33.2 Å². The zero-order valence-electron chi connectivity index (χ0n) is 15.7. The van der Waals surface area contributed by atoms with Crippen LogP contribution in [0, 0.1) is 11.3 Å². The van der Waals surface area contributed by atoms with Crippen LogP contribution >= 0.6 is 0 Å². The number of Topliss-reactive ketones (excluding diaryl/α,β-unsaturated/α-hetero) is 1. The molecular formula is C19H25NO6. The van der Waals surface area contributed by atoms with Crippen LogP contribution in [0.15, 0.2) is 30.3 Å². The van der Waals surface area contributed by atoms with Gasteiger partial charge in [-0.25, -0.2) is 0 Å². The summed E-state index contributed by atoms with van der Waals surface area (Å²) in [5, 5.41) is 2.63. The number of rotatable bonds is 7. The van der Waals surface area contributed by atoms with E-state index in [-0.39, 0.29) is 12.2 Å². The smallest absolute Gasteiger partial charge is 0.322 e. The standard InChI is InChI=1S/C19H25NO6/c1-19(2,3)18(24)20-13(15(16(22)25-4)17(23)26-5)11-14(21)12-9-7-6-8-10-12/h6-10,13,15H,11H2,1-5H3,(H,20,24)/t13-/m1/s1. The Balaban J connectivity index is 3.18. The highest BCUT2D eigenvalue weighted by Crippen LogP contribution is 2.19. The maximum absolute atomic E-state index is 12.6. The van der Waals surface area contributed by atoms with Crippen LogP contribution in [-0.4, -0.2) is 43.9 Å². The molecule has 0 spiro atoms. The lowest BCUT2D eigenvalue weighted by molar-refractivity contribution is -0.160. The molecule has 0 radical (unpaired) electrons. The molecule has 0 fully saturated rings. The van der Waals surface area contributed by atoms with Crippen molar-refractivity contribution in [1.29, 1.82) is 0 Å². The summed E-state index contributed by atoms with van der Waals surface area (Å²) in [6.45, 7) is 5.05. The molecule has 0 heterocycles. The minimum atomic E-state index is -1.44. The third-order valence-corrected chi connectivity index (χ3v) is 3.81. The number of hydrogen-bond donors (Lipinski definition) is 1. The molecule has 0 unspecified atom stereocenters. The Morgan fingerprint density at radius 1 is 0.962 bits per heavy atom. The van der Waals surface area contributed by atoms with Crippen LogP contribution in [0.3, 0.4) is 0 Å². The lowest BCUT2D eigenvalue weighted by Crippen LogP contribution is -2.51. The summed E-state index contributed by atoms with van der Waals surface area (Å²) in [6, 6.07) is 7.32. The molecule has 0 aromatic heterocycles. The summed E-state index contributed by atoms with van der Waals surface area (Å²) in [4.78, 5) is 49.2. The second-order valence-electron chi connectivity index (χ2n) is 6.85. The fourth-order valence-corrected chi connectivity index (χ4v) is 2.26. The monoisotopic (exact) mass is 363 g/mol. The van der Waals surface area contributed by atoms with E-state index < -0.39 is 35.2 Å². The van der Waals surface area contributed by atoms with E-state index in [0.717, 1.165) is 14.2 Å². The van der Waals surface area contributed by atoms with Crippen LogP contribution in [0.5, 0.6) is 0 Å². The van der Waals surface area contributed by atoms with Gasteiger partial charge in [0, 0.05) is 17.4 Å². The predicted molar refractivity (Wildman–Crippen MR) is 94.3 cm³/mol. The Labute approximate surface area is 153 Å². The number of ketones is 1. The Morgan fingerprint density at radius 2 is 1.46 bits per heavy atom. The van der Waals surface area contributed by atoms with Crippen molar-refractivity contribution in [3.05, 3.63) is 35.9 Å². The maximum atomic E-state index is 12.6. The highest BCUT2D eigenvalue weighted by molar-refractivity contribution is 6.00. The number of nitrogens with one attached hydrogen (secondary N) is 1. The van der Waals surface area contributed by atoms with Crippen LogP contribution < -0.4 is 5.32 Å². The molecule has 0 saturated heterocycles. The van der Waals surface area contributed by atoms with Gasteiger partial charge in [-0.1, -0.05) is 51.1 Å². The van der Waals surface area contributed by atoms with Crippen molar-refractivity contribution in [2.24, 2.45) is 11.3 Å². The highest BCUT2D eigenvalue weighted by Gasteiger charge is 2.40. The molecule has 0 aliphatic rings. The van der Waals surface area contributed by atoms with Gasteiger partial charge >= 0.3 is 11.9 Å². The van der Waals surface area contributed by atoms with Crippen molar-refractivity contribution in [3.8, 4) is 0 Å². The zero-order valence-corrected chi connectivity index (χ0v) is 15.7. The Hall–Kier alpha value is -2.70. The molecule has 1 aromatic rings. The van der Waals surface area contributed by atoms with Gasteiger partial charge in [0.25, 0.3) is 0 Å². The number of hydrogen-bond acceptors (Lipinski definition) is 6. The fraction of sp³-hybridized carbons (Fsp3) is 0.474. The van der Waals surface area contributed by atoms with Crippen molar-refractivity contribution in [2.75, 3.05) is 14.2 Å². The third-order valence-electron chi connectivity index (χ3n) is 3.81. The number of carbonyl (C=O) groups excluding carboxylic acids is 4. The maximum Gasteiger partial charge on any atom is 0.322 e. The van der Waals surface area contributed by atoms with Gasteiger partial charge in [-0.2, -0.15) is 0 Å². The minimum Gasteiger partial charge on any atom is -0.468 e. The van der Waals surface area contributed by atoms with E-state index in [0.29, 0.717) is 5.56 Å². The van der Waals surface area contributed by atoms with E-state index in [1.807, 2.05) is 0 Å². The van der Waals surface area contributed by atoms with E-state index in [4.69, 9.17) is 0 Å². The van der Waals surface area contributed by atoms with Gasteiger partial charge in [-0.3, -0.25) is 19.2 Å². The molecule has 0 aliphatic heterocycles. The van der Waals surface area contributed by atoms with Crippen LogP contribution in [0.1, 0.15) is 37.6 Å². The Morgan fingerprint density at radius 3 is 1.88 bits per heavy atom. The van der Waals surface area contributed by atoms with E-state index in [1.54, 1.807) is 51.1 Å². The molecule has 1 atom stereocenters. The number of esters is 2. The average molecular weight is 363 g/mol. The third kappa shape index (κ3) is 5.68. The van der Waals surface area contributed by atoms with Gasteiger partial charge in [0.15, 0.2) is 11.7 Å². The minimum absolute atomic E-state index is 0.249. The van der Waals surface area contributed by atoms with Crippen molar-refractivity contribution >= 4 is 23.6 Å². The first-order valence-electron chi connectivity index (χ1n) is 8.16. The molecule has 1 aromatic carbocycles. The topological polar surface area (TPSA) is 98.8 Å². The molecule has 1 amide bonds. The second-order valence-corrected chi connectivity index (χ2v) is 6.85. The molecule has 26 heavy (non-hydrogen) atoms. The summed E-state index contributed by atoms with van der Waals surface area (Å²) < 4.78 is 9.34. The summed E-state index contributed by atoms with van der Waals surface area (Å²) in [6.07, 6.45) is -0.249. The summed E-state index contributed by atoms with van der Waals surface area (Å²) in [7, 11) is 2.25. The lowest BCUT2D eigenvalue weighted by Gasteiger charge is -2.27. The van der Waals surface area contributed by atoms with E-state index in [9.17, 15) is 19.2 Å².